The van der Waals surface area contributed by atoms with E-state index in [4.69, 9.17) is 10.5 Å². The summed E-state index contributed by atoms with van der Waals surface area (Å²) >= 11 is 0. The van der Waals surface area contributed by atoms with Gasteiger partial charge in [-0.3, -0.25) is 4.79 Å². The van der Waals surface area contributed by atoms with E-state index in [1.54, 1.807) is 11.9 Å². The number of rotatable bonds is 3. The number of hydrogen-bond donors (Lipinski definition) is 1. The Morgan fingerprint density at radius 1 is 1.42 bits per heavy atom. The molecule has 0 aromatic rings. The molecule has 1 atom stereocenters. The lowest BCUT2D eigenvalue weighted by Gasteiger charge is -2.30. The van der Waals surface area contributed by atoms with Crippen LogP contribution in [0.3, 0.4) is 0 Å². The molecule has 0 aliphatic carbocycles. The van der Waals surface area contributed by atoms with Crippen LogP contribution >= 0.6 is 0 Å². The molecular weight excluding hydrogens is 246 g/mol. The average molecular weight is 271 g/mol. The van der Waals surface area contributed by atoms with Crippen LogP contribution in [0.1, 0.15) is 33.6 Å². The molecule has 1 heterocycles. The van der Waals surface area contributed by atoms with Crippen molar-refractivity contribution in [2.45, 2.75) is 45.3 Å². The summed E-state index contributed by atoms with van der Waals surface area (Å²) in [6, 6.07) is 0.0496. The minimum absolute atomic E-state index is 0.0205. The van der Waals surface area contributed by atoms with Gasteiger partial charge >= 0.3 is 6.09 Å². The van der Waals surface area contributed by atoms with E-state index < -0.39 is 5.60 Å². The molecule has 0 unspecified atom stereocenters. The maximum absolute atomic E-state index is 11.9. The summed E-state index contributed by atoms with van der Waals surface area (Å²) in [5.41, 5.74) is 4.89. The van der Waals surface area contributed by atoms with E-state index in [2.05, 4.69) is 0 Å². The van der Waals surface area contributed by atoms with Gasteiger partial charge in [0.05, 0.1) is 6.54 Å². The molecule has 6 heteroatoms. The molecule has 2 N–H and O–H groups in total. The average Bonchev–Trinajstić information content (AvgIpc) is 2.73. The zero-order valence-electron chi connectivity index (χ0n) is 12.3. The first-order valence-corrected chi connectivity index (χ1v) is 6.68. The summed E-state index contributed by atoms with van der Waals surface area (Å²) < 4.78 is 5.29. The molecular formula is C13H25N3O3. The number of carbonyl (C=O) groups is 2. The van der Waals surface area contributed by atoms with Crippen LogP contribution in [0.25, 0.3) is 0 Å². The van der Waals surface area contributed by atoms with Gasteiger partial charge in [-0.2, -0.15) is 0 Å². The van der Waals surface area contributed by atoms with Crippen LogP contribution in [0, 0.1) is 0 Å². The zero-order chi connectivity index (χ0) is 14.6. The number of carbonyl (C=O) groups excluding carboxylic acids is 2. The first-order chi connectivity index (χ1) is 8.74. The third-order valence-electron chi connectivity index (χ3n) is 3.06. The number of ether oxygens (including phenoxy) is 1. The van der Waals surface area contributed by atoms with Crippen molar-refractivity contribution >= 4 is 12.0 Å². The van der Waals surface area contributed by atoms with Gasteiger partial charge in [-0.15, -0.1) is 0 Å². The largest absolute Gasteiger partial charge is 0.444 e. The highest BCUT2D eigenvalue weighted by Crippen LogP contribution is 2.18. The highest BCUT2D eigenvalue weighted by molar-refractivity contribution is 5.78. The molecule has 1 aliphatic rings. The second-order valence-corrected chi connectivity index (χ2v) is 5.95. The first kappa shape index (κ1) is 15.8. The monoisotopic (exact) mass is 271 g/mol. The van der Waals surface area contributed by atoms with Crippen molar-refractivity contribution in [3.63, 3.8) is 0 Å². The predicted octanol–water partition coefficient (Wildman–Crippen LogP) is 0.803. The summed E-state index contributed by atoms with van der Waals surface area (Å²) in [4.78, 5) is 26.8. The van der Waals surface area contributed by atoms with E-state index in [1.807, 2.05) is 20.8 Å². The highest BCUT2D eigenvalue weighted by Gasteiger charge is 2.30. The van der Waals surface area contributed by atoms with Gasteiger partial charge in [-0.1, -0.05) is 0 Å². The lowest BCUT2D eigenvalue weighted by molar-refractivity contribution is -0.130. The maximum Gasteiger partial charge on any atom is 0.410 e. The Hall–Kier alpha value is -1.30. The Kier molecular flexibility index (Phi) is 5.17. The molecule has 0 saturated carbocycles. The van der Waals surface area contributed by atoms with Gasteiger partial charge in [0.15, 0.2) is 0 Å². The Balaban J connectivity index is 2.54. The van der Waals surface area contributed by atoms with Gasteiger partial charge in [-0.25, -0.2) is 4.79 Å². The maximum atomic E-state index is 11.9. The number of amides is 2. The molecule has 1 saturated heterocycles. The van der Waals surface area contributed by atoms with E-state index in [1.165, 1.54) is 4.90 Å². The van der Waals surface area contributed by atoms with Gasteiger partial charge in [0.1, 0.15) is 5.60 Å². The fourth-order valence-corrected chi connectivity index (χ4v) is 2.20. The number of likely N-dealkylation sites (N-methyl/N-ethyl adjacent to an activating group) is 1. The molecule has 19 heavy (non-hydrogen) atoms. The quantitative estimate of drug-likeness (QED) is 0.824. The molecule has 1 aliphatic heterocycles. The molecule has 1 rings (SSSR count). The lowest BCUT2D eigenvalue weighted by Crippen LogP contribution is -2.46. The summed E-state index contributed by atoms with van der Waals surface area (Å²) in [5.74, 6) is -0.0555. The third-order valence-corrected chi connectivity index (χ3v) is 3.06. The van der Waals surface area contributed by atoms with Crippen molar-refractivity contribution in [2.75, 3.05) is 26.7 Å². The lowest BCUT2D eigenvalue weighted by atomic mass is 10.2. The molecule has 1 fully saturated rings. The second kappa shape index (κ2) is 6.23. The van der Waals surface area contributed by atoms with Gasteiger partial charge in [0.2, 0.25) is 5.91 Å². The van der Waals surface area contributed by atoms with Crippen LogP contribution < -0.4 is 5.73 Å². The Morgan fingerprint density at radius 3 is 2.58 bits per heavy atom. The Bertz CT molecular complexity index is 339. The molecule has 0 radical (unpaired) electrons. The van der Waals surface area contributed by atoms with Crippen LogP contribution in [-0.2, 0) is 9.53 Å². The van der Waals surface area contributed by atoms with E-state index in [9.17, 15) is 9.59 Å². The predicted molar refractivity (Wildman–Crippen MR) is 72.7 cm³/mol. The number of hydrogen-bond acceptors (Lipinski definition) is 4. The summed E-state index contributed by atoms with van der Waals surface area (Å²) in [7, 11) is 1.69. The zero-order valence-corrected chi connectivity index (χ0v) is 12.3. The van der Waals surface area contributed by atoms with Gasteiger partial charge in [0, 0.05) is 26.2 Å². The van der Waals surface area contributed by atoms with E-state index in [0.717, 1.165) is 19.4 Å². The van der Waals surface area contributed by atoms with Crippen molar-refractivity contribution < 1.29 is 14.3 Å². The Labute approximate surface area is 114 Å². The van der Waals surface area contributed by atoms with Crippen molar-refractivity contribution in [1.29, 1.82) is 0 Å². The molecule has 0 bridgehead atoms. The van der Waals surface area contributed by atoms with E-state index >= 15 is 0 Å². The van der Waals surface area contributed by atoms with E-state index in [-0.39, 0.29) is 24.6 Å². The molecule has 110 valence electrons. The molecule has 0 spiro atoms. The minimum Gasteiger partial charge on any atom is -0.444 e. The number of nitrogens with zero attached hydrogens (tertiary/aromatic N) is 2. The van der Waals surface area contributed by atoms with Crippen molar-refractivity contribution in [3.8, 4) is 0 Å². The summed E-state index contributed by atoms with van der Waals surface area (Å²) in [5, 5.41) is 0. The fourth-order valence-electron chi connectivity index (χ4n) is 2.20. The van der Waals surface area contributed by atoms with Crippen molar-refractivity contribution in [2.24, 2.45) is 5.73 Å². The highest BCUT2D eigenvalue weighted by atomic mass is 16.6. The number of likely N-dealkylation sites (tertiary alicyclic amines) is 1. The van der Waals surface area contributed by atoms with Crippen LogP contribution in [0.2, 0.25) is 0 Å². The van der Waals surface area contributed by atoms with Crippen LogP contribution in [0.4, 0.5) is 4.79 Å². The van der Waals surface area contributed by atoms with Gasteiger partial charge in [-0.05, 0) is 33.6 Å². The summed E-state index contributed by atoms with van der Waals surface area (Å²) in [6.45, 7) is 6.73. The topological polar surface area (TPSA) is 75.9 Å². The van der Waals surface area contributed by atoms with Crippen LogP contribution in [0.5, 0.6) is 0 Å². The van der Waals surface area contributed by atoms with E-state index in [0.29, 0.717) is 6.54 Å². The molecule has 2 amide bonds. The normalized spacial score (nSPS) is 19.4. The fraction of sp³-hybridized carbons (Fsp3) is 0.846. The SMILES string of the molecule is CN(C[C@H]1CCCN1C(=O)CN)C(=O)OC(C)(C)C. The second-order valence-electron chi connectivity index (χ2n) is 5.95. The Morgan fingerprint density at radius 2 is 2.05 bits per heavy atom. The van der Waals surface area contributed by atoms with Crippen molar-refractivity contribution in [1.82, 2.24) is 9.80 Å². The standard InChI is InChI=1S/C13H25N3O3/c1-13(2,3)19-12(18)15(4)9-10-6-5-7-16(10)11(17)8-14/h10H,5-9,14H2,1-4H3/t10-/m1/s1. The smallest absolute Gasteiger partial charge is 0.410 e. The van der Waals surface area contributed by atoms with Gasteiger partial charge < -0.3 is 20.3 Å². The molecule has 6 nitrogen and oxygen atoms in total. The molecule has 0 aromatic heterocycles. The number of nitrogens with two attached hydrogens (primary N) is 1. The molecule has 0 aromatic carbocycles. The third kappa shape index (κ3) is 4.70. The minimum atomic E-state index is -0.506. The first-order valence-electron chi connectivity index (χ1n) is 6.68. The summed E-state index contributed by atoms with van der Waals surface area (Å²) in [6.07, 6.45) is 1.50. The van der Waals surface area contributed by atoms with Crippen LogP contribution in [0.15, 0.2) is 0 Å². The van der Waals surface area contributed by atoms with Gasteiger partial charge in [0.25, 0.3) is 0 Å². The van der Waals surface area contributed by atoms with Crippen LogP contribution in [-0.4, -0.2) is 60.1 Å². The van der Waals surface area contributed by atoms with Crippen molar-refractivity contribution in [3.05, 3.63) is 0 Å².